The van der Waals surface area contributed by atoms with Crippen LogP contribution in [-0.4, -0.2) is 21.1 Å². The molecule has 98 valence electrons. The number of hydrogen-bond donors (Lipinski definition) is 1. The molecule has 1 unspecified atom stereocenters. The summed E-state index contributed by atoms with van der Waals surface area (Å²) in [7, 11) is 0. The molecule has 0 aliphatic carbocycles. The van der Waals surface area contributed by atoms with Gasteiger partial charge >= 0.3 is 0 Å². The molecule has 6 heteroatoms. The third-order valence-electron chi connectivity index (χ3n) is 2.88. The van der Waals surface area contributed by atoms with Gasteiger partial charge in [-0.15, -0.1) is 0 Å². The second-order valence-electron chi connectivity index (χ2n) is 4.19. The Morgan fingerprint density at radius 2 is 2.26 bits per heavy atom. The van der Waals surface area contributed by atoms with Crippen LogP contribution >= 0.6 is 0 Å². The summed E-state index contributed by atoms with van der Waals surface area (Å²) >= 11 is -1.35. The highest BCUT2D eigenvalue weighted by Crippen LogP contribution is 2.28. The second-order valence-corrected chi connectivity index (χ2v) is 5.40. The molecule has 0 saturated carbocycles. The lowest BCUT2D eigenvalue weighted by atomic mass is 10.1. The van der Waals surface area contributed by atoms with Gasteiger partial charge in [-0.25, -0.2) is 9.97 Å². The quantitative estimate of drug-likeness (QED) is 0.867. The number of ether oxygens (including phenoxy) is 1. The minimum Gasteiger partial charge on any atom is -0.588 e. The number of aryl methyl sites for hydroxylation is 1. The molecule has 19 heavy (non-hydrogen) atoms. The van der Waals surface area contributed by atoms with E-state index >= 15 is 0 Å². The van der Waals surface area contributed by atoms with Crippen molar-refractivity contribution < 1.29 is 9.29 Å². The highest BCUT2D eigenvalue weighted by atomic mass is 32.2. The molecule has 5 nitrogen and oxygen atoms in total. The molecule has 3 rings (SSSR count). The maximum absolute atomic E-state index is 12.2. The van der Waals surface area contributed by atoms with E-state index in [0.717, 1.165) is 25.2 Å². The van der Waals surface area contributed by atoms with Crippen LogP contribution in [0, 0.1) is 0 Å². The number of anilines is 1. The molecule has 1 N–H and O–H groups in total. The van der Waals surface area contributed by atoms with E-state index in [0.29, 0.717) is 10.7 Å². The van der Waals surface area contributed by atoms with Crippen LogP contribution in [0.2, 0.25) is 0 Å². The van der Waals surface area contributed by atoms with Crippen LogP contribution in [0.4, 0.5) is 5.82 Å². The molecule has 1 aliphatic heterocycles. The summed E-state index contributed by atoms with van der Waals surface area (Å²) in [6.45, 7) is 0.725. The fourth-order valence-corrected chi connectivity index (χ4v) is 2.78. The van der Waals surface area contributed by atoms with E-state index < -0.39 is 11.4 Å². The molecule has 0 saturated heterocycles. The lowest BCUT2D eigenvalue weighted by molar-refractivity contribution is 0.287. The molecule has 1 aliphatic rings. The van der Waals surface area contributed by atoms with Gasteiger partial charge in [-0.3, -0.25) is 0 Å². The van der Waals surface area contributed by atoms with E-state index in [2.05, 4.69) is 14.7 Å². The maximum atomic E-state index is 12.2. The van der Waals surface area contributed by atoms with Crippen LogP contribution in [0.5, 0.6) is 5.75 Å². The van der Waals surface area contributed by atoms with Crippen molar-refractivity contribution in [2.75, 3.05) is 11.3 Å². The molecule has 0 fully saturated rings. The Bertz CT molecular complexity index is 565. The first-order chi connectivity index (χ1) is 9.33. The minimum absolute atomic E-state index is 0.534. The Balaban J connectivity index is 1.78. The molecule has 0 amide bonds. The molecule has 2 aromatic rings. The van der Waals surface area contributed by atoms with Crippen molar-refractivity contribution in [2.24, 2.45) is 0 Å². The van der Waals surface area contributed by atoms with Crippen LogP contribution in [0.25, 0.3) is 0 Å². The van der Waals surface area contributed by atoms with Crippen molar-refractivity contribution in [1.82, 2.24) is 9.97 Å². The normalized spacial score (nSPS) is 15.2. The number of fused-ring (bicyclic) bond motifs is 1. The summed E-state index contributed by atoms with van der Waals surface area (Å²) in [5, 5.41) is 0. The van der Waals surface area contributed by atoms with Crippen LogP contribution in [0.1, 0.15) is 12.0 Å². The molecular weight excluding hydrogens is 262 g/mol. The monoisotopic (exact) mass is 275 g/mol. The number of rotatable bonds is 3. The Kier molecular flexibility index (Phi) is 3.52. The first-order valence-electron chi connectivity index (χ1n) is 6.03. The number of benzene rings is 1. The molecule has 0 spiro atoms. The predicted molar refractivity (Wildman–Crippen MR) is 72.3 cm³/mol. The van der Waals surface area contributed by atoms with Gasteiger partial charge < -0.3 is 9.29 Å². The number of nitrogens with one attached hydrogen (secondary N) is 1. The van der Waals surface area contributed by atoms with E-state index in [-0.39, 0.29) is 0 Å². The van der Waals surface area contributed by atoms with Crippen molar-refractivity contribution in [3.8, 4) is 5.75 Å². The third-order valence-corrected chi connectivity index (χ3v) is 3.96. The zero-order valence-electron chi connectivity index (χ0n) is 10.2. The summed E-state index contributed by atoms with van der Waals surface area (Å²) in [5.41, 5.74) is 1.18. The lowest BCUT2D eigenvalue weighted by Crippen LogP contribution is -2.15. The molecule has 1 atom stereocenters. The second kappa shape index (κ2) is 5.46. The largest absolute Gasteiger partial charge is 0.588 e. The van der Waals surface area contributed by atoms with E-state index in [1.807, 2.05) is 18.2 Å². The van der Waals surface area contributed by atoms with Crippen LogP contribution < -0.4 is 9.46 Å². The molecular formula is C13H13N3O2S. The fraction of sp³-hybridized carbons (Fsp3) is 0.231. The van der Waals surface area contributed by atoms with Gasteiger partial charge in [0.1, 0.15) is 23.4 Å². The average Bonchev–Trinajstić information content (AvgIpc) is 2.48. The van der Waals surface area contributed by atoms with Crippen LogP contribution in [0.3, 0.4) is 0 Å². The smallest absolute Gasteiger partial charge is 0.183 e. The van der Waals surface area contributed by atoms with Gasteiger partial charge in [0.15, 0.2) is 10.7 Å². The minimum atomic E-state index is -1.35. The zero-order chi connectivity index (χ0) is 13.1. The van der Waals surface area contributed by atoms with E-state index in [1.54, 1.807) is 12.3 Å². The number of hydrogen-bond acceptors (Lipinski definition) is 5. The van der Waals surface area contributed by atoms with Gasteiger partial charge in [0.05, 0.1) is 6.61 Å². The predicted octanol–water partition coefficient (Wildman–Crippen LogP) is 1.94. The van der Waals surface area contributed by atoms with Crippen LogP contribution in [-0.2, 0) is 17.8 Å². The first kappa shape index (κ1) is 12.3. The summed E-state index contributed by atoms with van der Waals surface area (Å²) < 4.78 is 20.6. The van der Waals surface area contributed by atoms with Gasteiger partial charge in [0.2, 0.25) is 0 Å². The molecule has 1 aromatic carbocycles. The molecule has 1 aromatic heterocycles. The summed E-state index contributed by atoms with van der Waals surface area (Å²) in [6.07, 6.45) is 5.06. The highest BCUT2D eigenvalue weighted by molar-refractivity contribution is 7.92. The lowest BCUT2D eigenvalue weighted by Gasteiger charge is -2.18. The summed E-state index contributed by atoms with van der Waals surface area (Å²) in [4.78, 5) is 8.48. The number of nitrogens with zero attached hydrogens (tertiary/aromatic N) is 2. The summed E-state index contributed by atoms with van der Waals surface area (Å²) in [6, 6.07) is 7.34. The maximum Gasteiger partial charge on any atom is 0.183 e. The van der Waals surface area contributed by atoms with Gasteiger partial charge in [-0.05, 0) is 24.5 Å². The van der Waals surface area contributed by atoms with Crippen molar-refractivity contribution in [3.05, 3.63) is 42.4 Å². The van der Waals surface area contributed by atoms with Gasteiger partial charge in [-0.1, -0.05) is 6.07 Å². The van der Waals surface area contributed by atoms with Crippen molar-refractivity contribution >= 4 is 17.2 Å². The molecule has 2 heterocycles. The Morgan fingerprint density at radius 1 is 1.32 bits per heavy atom. The van der Waals surface area contributed by atoms with Crippen molar-refractivity contribution in [1.29, 1.82) is 0 Å². The number of aromatic nitrogens is 2. The third kappa shape index (κ3) is 2.80. The van der Waals surface area contributed by atoms with E-state index in [4.69, 9.17) is 4.74 Å². The standard InChI is InChI=1S/C13H13N3O2S/c17-19(16-13-5-6-14-9-15-13)11-4-3-10-2-1-7-18-12(10)8-11/h3-6,8-9H,1-2,7H2,(H,14,15,16). The molecule has 0 radical (unpaired) electrons. The SMILES string of the molecule is [O-][S+](Nc1ccncn1)c1ccc2c(c1)OCCC2. The average molecular weight is 275 g/mol. The highest BCUT2D eigenvalue weighted by Gasteiger charge is 2.17. The molecule has 0 bridgehead atoms. The van der Waals surface area contributed by atoms with Crippen LogP contribution in [0.15, 0.2) is 41.7 Å². The Hall–Kier alpha value is -1.79. The van der Waals surface area contributed by atoms with Gasteiger partial charge in [-0.2, -0.15) is 4.72 Å². The first-order valence-corrected chi connectivity index (χ1v) is 7.18. The van der Waals surface area contributed by atoms with Crippen molar-refractivity contribution in [3.63, 3.8) is 0 Å². The topological polar surface area (TPSA) is 70.1 Å². The Labute approximate surface area is 114 Å². The zero-order valence-corrected chi connectivity index (χ0v) is 11.0. The fourth-order valence-electron chi connectivity index (χ4n) is 1.94. The van der Waals surface area contributed by atoms with Crippen molar-refractivity contribution in [2.45, 2.75) is 17.7 Å². The van der Waals surface area contributed by atoms with Gasteiger partial charge in [0.25, 0.3) is 0 Å². The van der Waals surface area contributed by atoms with E-state index in [9.17, 15) is 4.55 Å². The van der Waals surface area contributed by atoms with Gasteiger partial charge in [0, 0.05) is 18.3 Å². The summed E-state index contributed by atoms with van der Waals surface area (Å²) in [5.74, 6) is 1.37. The van der Waals surface area contributed by atoms with E-state index in [1.165, 1.54) is 11.9 Å². The Morgan fingerprint density at radius 3 is 3.11 bits per heavy atom.